The van der Waals surface area contributed by atoms with Gasteiger partial charge in [-0.05, 0) is 67.3 Å². The van der Waals surface area contributed by atoms with E-state index in [1.165, 1.54) is 39.9 Å². The lowest BCUT2D eigenvalue weighted by Crippen LogP contribution is -2.23. The van der Waals surface area contributed by atoms with Crippen LogP contribution in [-0.2, 0) is 16.8 Å². The Bertz CT molecular complexity index is 1280. The summed E-state index contributed by atoms with van der Waals surface area (Å²) < 4.78 is 21.8. The first kappa shape index (κ1) is 25.2. The van der Waals surface area contributed by atoms with Crippen LogP contribution in [0.15, 0.2) is 78.1 Å². The van der Waals surface area contributed by atoms with Crippen LogP contribution in [0, 0.1) is 26.6 Å². The number of imidazole rings is 1. The van der Waals surface area contributed by atoms with Gasteiger partial charge in [0.1, 0.15) is 5.82 Å². The molecule has 0 fully saturated rings. The molecular formula is C30H33FN2OS. The quantitative estimate of drug-likeness (QED) is 0.180. The predicted octanol–water partition coefficient (Wildman–Crippen LogP) is 7.57. The topological polar surface area (TPSA) is 27.1 Å². The second-order valence-electron chi connectivity index (χ2n) is 9.55. The van der Waals surface area contributed by atoms with E-state index in [0.717, 1.165) is 22.3 Å². The lowest BCUT2D eigenvalue weighted by molar-refractivity contribution is 0.136. The second-order valence-corrected chi connectivity index (χ2v) is 10.6. The molecule has 3 aromatic carbocycles. The summed E-state index contributed by atoms with van der Waals surface area (Å²) in [4.78, 5) is 4.79. The normalized spacial score (nSPS) is 11.7. The molecule has 4 aromatic rings. The molecule has 0 aliphatic heterocycles. The molecule has 0 unspecified atom stereocenters. The van der Waals surface area contributed by atoms with Gasteiger partial charge in [0.05, 0.1) is 25.1 Å². The maximum absolute atomic E-state index is 13.7. The highest BCUT2D eigenvalue weighted by molar-refractivity contribution is 7.99. The number of ether oxygens (including phenoxy) is 1. The van der Waals surface area contributed by atoms with Crippen LogP contribution >= 0.6 is 11.8 Å². The smallest absolute Gasteiger partial charge is 0.172 e. The van der Waals surface area contributed by atoms with Crippen molar-refractivity contribution >= 4 is 11.8 Å². The molecule has 0 radical (unpaired) electrons. The molecule has 1 heterocycles. The summed E-state index contributed by atoms with van der Waals surface area (Å²) >= 11 is 1.65. The lowest BCUT2D eigenvalue weighted by atomic mass is 9.80. The Morgan fingerprint density at radius 1 is 0.914 bits per heavy atom. The number of hydrogen-bond acceptors (Lipinski definition) is 3. The first-order chi connectivity index (χ1) is 16.8. The Morgan fingerprint density at radius 2 is 1.63 bits per heavy atom. The van der Waals surface area contributed by atoms with Crippen LogP contribution in [0.1, 0.15) is 47.4 Å². The lowest BCUT2D eigenvalue weighted by Gasteiger charge is -2.28. The summed E-state index contributed by atoms with van der Waals surface area (Å²) in [5, 5.41) is 0.877. The van der Waals surface area contributed by atoms with Crippen molar-refractivity contribution in [3.63, 3.8) is 0 Å². The van der Waals surface area contributed by atoms with Gasteiger partial charge in [0.15, 0.2) is 5.16 Å². The van der Waals surface area contributed by atoms with Crippen molar-refractivity contribution in [1.29, 1.82) is 0 Å². The van der Waals surface area contributed by atoms with Gasteiger partial charge in [0.2, 0.25) is 0 Å². The zero-order valence-corrected chi connectivity index (χ0v) is 22.0. The Kier molecular flexibility index (Phi) is 7.78. The highest BCUT2D eigenvalue weighted by Gasteiger charge is 2.29. The average molecular weight is 489 g/mol. The molecule has 0 saturated carbocycles. The fourth-order valence-corrected chi connectivity index (χ4v) is 4.91. The standard InChI is InChI=1S/C30H33FN2OS/c1-21-6-9-24(10-7-21)20-34-16-17-35-29-32-19-28(33(29)27-14-12-26(31)13-15-27)30(4,5)25-11-8-22(2)23(3)18-25/h6-15,18-19H,16-17,20H2,1-5H3. The maximum atomic E-state index is 13.7. The number of thioether (sulfide) groups is 1. The van der Waals surface area contributed by atoms with Gasteiger partial charge in [-0.1, -0.05) is 73.6 Å². The molecule has 4 rings (SSSR count). The van der Waals surface area contributed by atoms with Crippen molar-refractivity contribution in [2.24, 2.45) is 0 Å². The van der Waals surface area contributed by atoms with Crippen LogP contribution in [0.2, 0.25) is 0 Å². The van der Waals surface area contributed by atoms with E-state index >= 15 is 0 Å². The van der Waals surface area contributed by atoms with Crippen molar-refractivity contribution in [1.82, 2.24) is 9.55 Å². The zero-order chi connectivity index (χ0) is 25.0. The number of benzene rings is 3. The number of nitrogens with zero attached hydrogens (tertiary/aromatic N) is 2. The number of aryl methyl sites for hydroxylation is 3. The number of rotatable bonds is 9. The molecule has 3 nitrogen and oxygen atoms in total. The third-order valence-electron chi connectivity index (χ3n) is 6.53. The van der Waals surface area contributed by atoms with Crippen LogP contribution in [-0.4, -0.2) is 21.9 Å². The van der Waals surface area contributed by atoms with Crippen LogP contribution in [0.4, 0.5) is 4.39 Å². The summed E-state index contributed by atoms with van der Waals surface area (Å²) in [5.74, 6) is 0.524. The van der Waals surface area contributed by atoms with Crippen molar-refractivity contribution in [2.45, 2.75) is 51.8 Å². The second kappa shape index (κ2) is 10.8. The van der Waals surface area contributed by atoms with Gasteiger partial charge in [-0.15, -0.1) is 0 Å². The summed E-state index contributed by atoms with van der Waals surface area (Å²) in [6, 6.07) is 21.7. The van der Waals surface area contributed by atoms with Gasteiger partial charge in [0.25, 0.3) is 0 Å². The Labute approximate surface area is 212 Å². The van der Waals surface area contributed by atoms with Gasteiger partial charge in [-0.2, -0.15) is 0 Å². The molecule has 0 bridgehead atoms. The van der Waals surface area contributed by atoms with Gasteiger partial charge in [-0.25, -0.2) is 9.37 Å². The Morgan fingerprint density at radius 3 is 2.31 bits per heavy atom. The minimum absolute atomic E-state index is 0.248. The molecule has 0 aliphatic carbocycles. The van der Waals surface area contributed by atoms with Crippen molar-refractivity contribution in [3.8, 4) is 5.69 Å². The summed E-state index contributed by atoms with van der Waals surface area (Å²) in [6.07, 6.45) is 1.95. The Hall–Kier alpha value is -2.89. The highest BCUT2D eigenvalue weighted by atomic mass is 32.2. The summed E-state index contributed by atoms with van der Waals surface area (Å²) in [7, 11) is 0. The molecule has 1 aromatic heterocycles. The molecule has 0 spiro atoms. The summed E-state index contributed by atoms with van der Waals surface area (Å²) in [6.45, 7) is 12.0. The largest absolute Gasteiger partial charge is 0.376 e. The summed E-state index contributed by atoms with van der Waals surface area (Å²) in [5.41, 5.74) is 7.86. The van der Waals surface area contributed by atoms with Gasteiger partial charge in [0, 0.05) is 16.9 Å². The SMILES string of the molecule is Cc1ccc(COCCSc2ncc(C(C)(C)c3ccc(C)c(C)c3)n2-c2ccc(F)cc2)cc1. The van der Waals surface area contributed by atoms with Crippen molar-refractivity contribution in [3.05, 3.63) is 112 Å². The van der Waals surface area contributed by atoms with E-state index in [9.17, 15) is 4.39 Å². The molecule has 35 heavy (non-hydrogen) atoms. The van der Waals surface area contributed by atoms with E-state index in [1.807, 2.05) is 18.3 Å². The van der Waals surface area contributed by atoms with Crippen LogP contribution in [0.25, 0.3) is 5.69 Å². The van der Waals surface area contributed by atoms with Gasteiger partial charge >= 0.3 is 0 Å². The first-order valence-electron chi connectivity index (χ1n) is 11.9. The molecule has 182 valence electrons. The number of hydrogen-bond donors (Lipinski definition) is 0. The van der Waals surface area contributed by atoms with E-state index in [2.05, 4.69) is 81.7 Å². The minimum Gasteiger partial charge on any atom is -0.376 e. The molecule has 5 heteroatoms. The number of aromatic nitrogens is 2. The molecule has 0 N–H and O–H groups in total. The van der Waals surface area contributed by atoms with E-state index in [-0.39, 0.29) is 11.2 Å². The van der Waals surface area contributed by atoms with Gasteiger partial charge in [-0.3, -0.25) is 4.57 Å². The van der Waals surface area contributed by atoms with Crippen molar-refractivity contribution in [2.75, 3.05) is 12.4 Å². The third kappa shape index (κ3) is 5.85. The van der Waals surface area contributed by atoms with Crippen LogP contribution in [0.3, 0.4) is 0 Å². The van der Waals surface area contributed by atoms with E-state index < -0.39 is 0 Å². The predicted molar refractivity (Wildman–Crippen MR) is 143 cm³/mol. The van der Waals surface area contributed by atoms with Crippen LogP contribution < -0.4 is 0 Å². The molecular weight excluding hydrogens is 455 g/mol. The average Bonchev–Trinajstić information content (AvgIpc) is 3.27. The minimum atomic E-state index is -0.291. The molecule has 0 atom stereocenters. The fourth-order valence-electron chi connectivity index (χ4n) is 4.06. The molecule has 0 amide bonds. The van der Waals surface area contributed by atoms with Crippen LogP contribution in [0.5, 0.6) is 0 Å². The highest BCUT2D eigenvalue weighted by Crippen LogP contribution is 2.36. The van der Waals surface area contributed by atoms with Crippen molar-refractivity contribution < 1.29 is 9.13 Å². The number of halogens is 1. The first-order valence-corrected chi connectivity index (χ1v) is 12.9. The Balaban J connectivity index is 1.56. The third-order valence-corrected chi connectivity index (χ3v) is 7.45. The monoisotopic (exact) mass is 488 g/mol. The van der Waals surface area contributed by atoms with E-state index in [0.29, 0.717) is 13.2 Å². The zero-order valence-electron chi connectivity index (χ0n) is 21.1. The van der Waals surface area contributed by atoms with E-state index in [4.69, 9.17) is 9.72 Å². The van der Waals surface area contributed by atoms with Gasteiger partial charge < -0.3 is 4.74 Å². The molecule has 0 aliphatic rings. The maximum Gasteiger partial charge on any atom is 0.172 e. The molecule has 0 saturated heterocycles. The van der Waals surface area contributed by atoms with E-state index in [1.54, 1.807) is 11.8 Å². The fraction of sp³-hybridized carbons (Fsp3) is 0.300.